The fourth-order valence-electron chi connectivity index (χ4n) is 1.68. The van der Waals surface area contributed by atoms with Crippen LogP contribution in [0.2, 0.25) is 0 Å². The van der Waals surface area contributed by atoms with Crippen LogP contribution in [0.25, 0.3) is 0 Å². The summed E-state index contributed by atoms with van der Waals surface area (Å²) in [6, 6.07) is 7.83. The predicted octanol–water partition coefficient (Wildman–Crippen LogP) is 1.27. The zero-order valence-electron chi connectivity index (χ0n) is 12.0. The number of urea groups is 1. The fourth-order valence-corrected chi connectivity index (χ4v) is 1.99. The summed E-state index contributed by atoms with van der Waals surface area (Å²) in [4.78, 5) is 22.7. The molecule has 0 fully saturated rings. The topological polar surface area (TPSA) is 95.5 Å². The number of hydrogen-bond acceptors (Lipinski definition) is 3. The van der Waals surface area contributed by atoms with Crippen molar-refractivity contribution in [2.24, 2.45) is 0 Å². The number of nitrogens with one attached hydrogen (secondary N) is 2. The van der Waals surface area contributed by atoms with Crippen molar-refractivity contribution >= 4 is 22.8 Å². The van der Waals surface area contributed by atoms with E-state index in [2.05, 4.69) is 10.6 Å². The molecule has 0 aliphatic carbocycles. The molecule has 0 heterocycles. The van der Waals surface area contributed by atoms with Crippen molar-refractivity contribution < 1.29 is 18.9 Å². The number of aliphatic carboxylic acids is 1. The van der Waals surface area contributed by atoms with Crippen LogP contribution in [0.1, 0.15) is 24.9 Å². The van der Waals surface area contributed by atoms with Gasteiger partial charge in [0.2, 0.25) is 0 Å². The maximum absolute atomic E-state index is 11.8. The van der Waals surface area contributed by atoms with Gasteiger partial charge in [0, 0.05) is 28.9 Å². The number of carbonyl (C=O) groups is 2. The third kappa shape index (κ3) is 6.40. The molecule has 0 aliphatic rings. The SMILES string of the molecule is CC(CNC(=O)NC(CC(=O)O)c1ccccc1)S(C)=O. The Kier molecular flexibility index (Phi) is 6.87. The maximum atomic E-state index is 11.8. The highest BCUT2D eigenvalue weighted by atomic mass is 32.2. The summed E-state index contributed by atoms with van der Waals surface area (Å²) >= 11 is 0. The average Bonchev–Trinajstić information content (AvgIpc) is 2.44. The van der Waals surface area contributed by atoms with Crippen molar-refractivity contribution in [3.05, 3.63) is 35.9 Å². The Bertz CT molecular complexity index is 507. The number of amides is 2. The highest BCUT2D eigenvalue weighted by Gasteiger charge is 2.18. The summed E-state index contributed by atoms with van der Waals surface area (Å²) in [5, 5.41) is 14.0. The number of hydrogen-bond donors (Lipinski definition) is 3. The minimum Gasteiger partial charge on any atom is -0.481 e. The highest BCUT2D eigenvalue weighted by molar-refractivity contribution is 7.84. The van der Waals surface area contributed by atoms with E-state index in [0.717, 1.165) is 5.56 Å². The Morgan fingerprint density at radius 2 is 1.90 bits per heavy atom. The van der Waals surface area contributed by atoms with Gasteiger partial charge in [-0.3, -0.25) is 9.00 Å². The quantitative estimate of drug-likeness (QED) is 0.706. The molecule has 6 nitrogen and oxygen atoms in total. The van der Waals surface area contributed by atoms with E-state index in [1.807, 2.05) is 6.07 Å². The molecule has 0 spiro atoms. The Balaban J connectivity index is 2.63. The number of carboxylic acid groups (broad SMARTS) is 1. The second-order valence-electron chi connectivity index (χ2n) is 4.72. The Morgan fingerprint density at radius 3 is 2.43 bits per heavy atom. The summed E-state index contributed by atoms with van der Waals surface area (Å²) in [7, 11) is -1.02. The molecule has 7 heteroatoms. The second kappa shape index (κ2) is 8.41. The number of carbonyl (C=O) groups excluding carboxylic acids is 1. The molecule has 2 amide bonds. The van der Waals surface area contributed by atoms with Crippen LogP contribution in [0, 0.1) is 0 Å². The normalized spacial score (nSPS) is 14.8. The maximum Gasteiger partial charge on any atom is 0.315 e. The molecule has 0 aromatic heterocycles. The van der Waals surface area contributed by atoms with Crippen LogP contribution in [0.15, 0.2) is 30.3 Å². The Morgan fingerprint density at radius 1 is 1.29 bits per heavy atom. The van der Waals surface area contributed by atoms with Gasteiger partial charge >= 0.3 is 12.0 Å². The molecule has 0 radical (unpaired) electrons. The van der Waals surface area contributed by atoms with Gasteiger partial charge in [0.15, 0.2) is 0 Å². The molecule has 116 valence electrons. The van der Waals surface area contributed by atoms with E-state index in [0.29, 0.717) is 0 Å². The lowest BCUT2D eigenvalue weighted by atomic mass is 10.0. The first-order chi connectivity index (χ1) is 9.90. The molecule has 3 N–H and O–H groups in total. The second-order valence-corrected chi connectivity index (χ2v) is 6.53. The lowest BCUT2D eigenvalue weighted by Gasteiger charge is -2.18. The van der Waals surface area contributed by atoms with Crippen molar-refractivity contribution in [2.75, 3.05) is 12.8 Å². The van der Waals surface area contributed by atoms with Gasteiger partial charge in [0.25, 0.3) is 0 Å². The summed E-state index contributed by atoms with van der Waals surface area (Å²) in [6.45, 7) is 2.03. The molecule has 1 aromatic carbocycles. The molecular formula is C14H20N2O4S. The third-order valence-electron chi connectivity index (χ3n) is 3.00. The largest absolute Gasteiger partial charge is 0.481 e. The van der Waals surface area contributed by atoms with Gasteiger partial charge in [0.05, 0.1) is 12.5 Å². The molecule has 21 heavy (non-hydrogen) atoms. The van der Waals surface area contributed by atoms with Crippen LogP contribution >= 0.6 is 0 Å². The van der Waals surface area contributed by atoms with E-state index in [-0.39, 0.29) is 18.2 Å². The van der Waals surface area contributed by atoms with E-state index >= 15 is 0 Å². The van der Waals surface area contributed by atoms with E-state index < -0.39 is 28.8 Å². The lowest BCUT2D eigenvalue weighted by molar-refractivity contribution is -0.137. The van der Waals surface area contributed by atoms with E-state index in [4.69, 9.17) is 5.11 Å². The Hall–Kier alpha value is -1.89. The van der Waals surface area contributed by atoms with Gasteiger partial charge in [-0.05, 0) is 12.5 Å². The van der Waals surface area contributed by atoms with Crippen LogP contribution in [-0.4, -0.2) is 39.4 Å². The number of rotatable bonds is 7. The van der Waals surface area contributed by atoms with Gasteiger partial charge in [-0.1, -0.05) is 30.3 Å². The summed E-state index contributed by atoms with van der Waals surface area (Å²) in [6.07, 6.45) is 1.37. The summed E-state index contributed by atoms with van der Waals surface area (Å²) < 4.78 is 11.2. The van der Waals surface area contributed by atoms with Crippen molar-refractivity contribution in [2.45, 2.75) is 24.6 Å². The first-order valence-electron chi connectivity index (χ1n) is 6.53. The highest BCUT2D eigenvalue weighted by Crippen LogP contribution is 2.16. The molecule has 3 unspecified atom stereocenters. The summed E-state index contributed by atoms with van der Waals surface area (Å²) in [5.74, 6) is -0.993. The van der Waals surface area contributed by atoms with Crippen LogP contribution in [-0.2, 0) is 15.6 Å². The average molecular weight is 312 g/mol. The van der Waals surface area contributed by atoms with Gasteiger partial charge in [-0.25, -0.2) is 4.79 Å². The van der Waals surface area contributed by atoms with Crippen molar-refractivity contribution in [3.8, 4) is 0 Å². The molecule has 3 atom stereocenters. The fraction of sp³-hybridized carbons (Fsp3) is 0.429. The zero-order chi connectivity index (χ0) is 15.8. The van der Waals surface area contributed by atoms with E-state index in [9.17, 15) is 13.8 Å². The predicted molar refractivity (Wildman–Crippen MR) is 81.5 cm³/mol. The first-order valence-corrected chi connectivity index (χ1v) is 8.15. The van der Waals surface area contributed by atoms with Crippen molar-refractivity contribution in [1.82, 2.24) is 10.6 Å². The van der Waals surface area contributed by atoms with Crippen LogP contribution in [0.4, 0.5) is 4.79 Å². The lowest BCUT2D eigenvalue weighted by Crippen LogP contribution is -2.42. The monoisotopic (exact) mass is 312 g/mol. The molecule has 0 saturated carbocycles. The standard InChI is InChI=1S/C14H20N2O4S/c1-10(21(2)20)9-15-14(19)16-12(8-13(17)18)11-6-4-3-5-7-11/h3-7,10,12H,8-9H2,1-2H3,(H,17,18)(H2,15,16,19). The first kappa shape index (κ1) is 17.2. The minimum atomic E-state index is -1.02. The third-order valence-corrected chi connectivity index (χ3v) is 4.30. The summed E-state index contributed by atoms with van der Waals surface area (Å²) in [5.41, 5.74) is 0.724. The van der Waals surface area contributed by atoms with Gasteiger partial charge in [-0.2, -0.15) is 0 Å². The molecule has 1 aromatic rings. The Labute approximate surface area is 126 Å². The van der Waals surface area contributed by atoms with Crippen molar-refractivity contribution in [1.29, 1.82) is 0 Å². The molecule has 1 rings (SSSR count). The van der Waals surface area contributed by atoms with Gasteiger partial charge in [0.1, 0.15) is 0 Å². The molecule has 0 aliphatic heterocycles. The van der Waals surface area contributed by atoms with Crippen molar-refractivity contribution in [3.63, 3.8) is 0 Å². The van der Waals surface area contributed by atoms with E-state index in [1.54, 1.807) is 37.4 Å². The zero-order valence-corrected chi connectivity index (χ0v) is 12.9. The minimum absolute atomic E-state index is 0.162. The van der Waals surface area contributed by atoms with Crippen LogP contribution in [0.5, 0.6) is 0 Å². The molecule has 0 bridgehead atoms. The van der Waals surface area contributed by atoms with Gasteiger partial charge < -0.3 is 15.7 Å². The molecular weight excluding hydrogens is 292 g/mol. The number of benzene rings is 1. The van der Waals surface area contributed by atoms with Crippen LogP contribution < -0.4 is 10.6 Å². The molecule has 0 saturated heterocycles. The smallest absolute Gasteiger partial charge is 0.315 e. The number of carboxylic acids is 1. The van der Waals surface area contributed by atoms with Crippen LogP contribution in [0.3, 0.4) is 0 Å². The van der Waals surface area contributed by atoms with Gasteiger partial charge in [-0.15, -0.1) is 0 Å². The van der Waals surface area contributed by atoms with E-state index in [1.165, 1.54) is 0 Å².